The van der Waals surface area contributed by atoms with Crippen LogP contribution in [0, 0.1) is 0 Å². The lowest BCUT2D eigenvalue weighted by Gasteiger charge is -2.38. The zero-order chi connectivity index (χ0) is 30.2. The van der Waals surface area contributed by atoms with Gasteiger partial charge in [0.25, 0.3) is 5.91 Å². The smallest absolute Gasteiger partial charge is 0.412 e. The molecule has 11 heteroatoms. The monoisotopic (exact) mass is 585 g/mol. The van der Waals surface area contributed by atoms with Gasteiger partial charge >= 0.3 is 18.2 Å². The summed E-state index contributed by atoms with van der Waals surface area (Å²) in [6.07, 6.45) is 1.85. The number of rotatable bonds is 9. The molecule has 0 aromatic heterocycles. The molecule has 10 nitrogen and oxygen atoms in total. The summed E-state index contributed by atoms with van der Waals surface area (Å²) in [5.74, 6) is -0.350. The zero-order valence-electron chi connectivity index (χ0n) is 24.2. The van der Waals surface area contributed by atoms with E-state index in [0.29, 0.717) is 53.9 Å². The average molecular weight is 586 g/mol. The number of esters is 1. The van der Waals surface area contributed by atoms with E-state index in [1.54, 1.807) is 50.7 Å². The van der Waals surface area contributed by atoms with E-state index in [-0.39, 0.29) is 6.54 Å². The number of nitrogens with zero attached hydrogens (tertiary/aromatic N) is 2. The molecule has 0 bridgehead atoms. The average Bonchev–Trinajstić information content (AvgIpc) is 2.94. The van der Waals surface area contributed by atoms with Gasteiger partial charge in [0.15, 0.2) is 0 Å². The van der Waals surface area contributed by atoms with Crippen LogP contribution in [0.4, 0.5) is 15.3 Å². The summed E-state index contributed by atoms with van der Waals surface area (Å²) in [6, 6.07) is 12.7. The molecule has 2 aromatic rings. The molecule has 0 aliphatic carbocycles. The zero-order valence-corrected chi connectivity index (χ0v) is 25.0. The number of methoxy groups -OCH3 is 1. The van der Waals surface area contributed by atoms with Crippen LogP contribution in [0.15, 0.2) is 48.5 Å². The molecule has 222 valence electrons. The number of nitrogens with one attached hydrogen (secondary N) is 1. The number of anilines is 1. The largest absolute Gasteiger partial charge is 0.467 e. The molecule has 1 fully saturated rings. The molecule has 3 amide bonds. The fraction of sp³-hybridized carbons (Fsp3) is 0.467. The van der Waals surface area contributed by atoms with Crippen LogP contribution in [-0.2, 0) is 14.3 Å². The second kappa shape index (κ2) is 14.2. The van der Waals surface area contributed by atoms with E-state index in [4.69, 9.17) is 9.47 Å². The fourth-order valence-electron chi connectivity index (χ4n) is 4.73. The maximum Gasteiger partial charge on any atom is 0.412 e. The standard InChI is InChI=1S/C30H39N3O7S/c1-30(2,3)40-29(38)32-16-9-12-22(19-32)33(28(36)37)21-13-14-23(24(18-21)20-10-7-6-8-11-20)26(34)31-25(15-17-41-5)27(35)39-4/h6-8,10-11,13-14,18,22,25H,9,12,15-17,19H2,1-5H3,(H,31,34)(H,36,37)/t22?,25-/m0/s1. The van der Waals surface area contributed by atoms with Crippen molar-refractivity contribution in [1.82, 2.24) is 10.2 Å². The van der Waals surface area contributed by atoms with Crippen LogP contribution >= 0.6 is 11.8 Å². The first kappa shape index (κ1) is 31.8. The van der Waals surface area contributed by atoms with Crippen LogP contribution < -0.4 is 10.2 Å². The van der Waals surface area contributed by atoms with Gasteiger partial charge in [0.05, 0.1) is 13.2 Å². The Labute approximate surface area is 245 Å². The van der Waals surface area contributed by atoms with Gasteiger partial charge in [-0.3, -0.25) is 9.69 Å². The summed E-state index contributed by atoms with van der Waals surface area (Å²) in [7, 11) is 1.28. The summed E-state index contributed by atoms with van der Waals surface area (Å²) in [5.41, 5.74) is 1.22. The highest BCUT2D eigenvalue weighted by molar-refractivity contribution is 7.98. The van der Waals surface area contributed by atoms with Gasteiger partial charge in [-0.05, 0) is 81.4 Å². The number of likely N-dealkylation sites (tertiary alicyclic amines) is 1. The Hall–Kier alpha value is -3.73. The highest BCUT2D eigenvalue weighted by atomic mass is 32.2. The van der Waals surface area contributed by atoms with Crippen molar-refractivity contribution >= 4 is 41.5 Å². The van der Waals surface area contributed by atoms with Crippen LogP contribution in [0.2, 0.25) is 0 Å². The van der Waals surface area contributed by atoms with E-state index >= 15 is 0 Å². The Morgan fingerprint density at radius 2 is 1.85 bits per heavy atom. The summed E-state index contributed by atoms with van der Waals surface area (Å²) in [6.45, 7) is 6.02. The van der Waals surface area contributed by atoms with Gasteiger partial charge in [-0.15, -0.1) is 0 Å². The van der Waals surface area contributed by atoms with Gasteiger partial charge in [0, 0.05) is 24.3 Å². The van der Waals surface area contributed by atoms with Crippen LogP contribution in [0.3, 0.4) is 0 Å². The van der Waals surface area contributed by atoms with Crippen molar-refractivity contribution < 1.29 is 33.8 Å². The molecule has 1 saturated heterocycles. The normalized spacial score (nSPS) is 15.9. The van der Waals surface area contributed by atoms with Gasteiger partial charge in [0.1, 0.15) is 11.6 Å². The van der Waals surface area contributed by atoms with Crippen LogP contribution in [-0.4, -0.2) is 84.0 Å². The van der Waals surface area contributed by atoms with E-state index in [1.165, 1.54) is 16.9 Å². The van der Waals surface area contributed by atoms with Crippen molar-refractivity contribution in [2.75, 3.05) is 37.1 Å². The fourth-order valence-corrected chi connectivity index (χ4v) is 5.21. The van der Waals surface area contributed by atoms with Crippen molar-refractivity contribution in [1.29, 1.82) is 0 Å². The Morgan fingerprint density at radius 3 is 2.46 bits per heavy atom. The first-order valence-corrected chi connectivity index (χ1v) is 14.9. The Morgan fingerprint density at radius 1 is 1.15 bits per heavy atom. The Balaban J connectivity index is 1.97. The number of carbonyl (C=O) groups is 4. The van der Waals surface area contributed by atoms with E-state index in [9.17, 15) is 24.3 Å². The molecule has 0 spiro atoms. The second-order valence-corrected chi connectivity index (χ2v) is 11.8. The van der Waals surface area contributed by atoms with E-state index in [0.717, 1.165) is 0 Å². The highest BCUT2D eigenvalue weighted by Gasteiger charge is 2.34. The first-order chi connectivity index (χ1) is 19.4. The second-order valence-electron chi connectivity index (χ2n) is 10.8. The molecule has 2 atom stereocenters. The first-order valence-electron chi connectivity index (χ1n) is 13.5. The van der Waals surface area contributed by atoms with Gasteiger partial charge < -0.3 is 24.8 Å². The molecule has 1 heterocycles. The maximum absolute atomic E-state index is 13.5. The predicted molar refractivity (Wildman–Crippen MR) is 159 cm³/mol. The molecular weight excluding hydrogens is 546 g/mol. The highest BCUT2D eigenvalue weighted by Crippen LogP contribution is 2.32. The number of thioether (sulfide) groups is 1. The summed E-state index contributed by atoms with van der Waals surface area (Å²) in [5, 5.41) is 13.1. The molecule has 0 radical (unpaired) electrons. The lowest BCUT2D eigenvalue weighted by atomic mass is 9.96. The third kappa shape index (κ3) is 8.63. The number of carbonyl (C=O) groups excluding carboxylic acids is 3. The molecular formula is C30H39N3O7S. The number of hydrogen-bond donors (Lipinski definition) is 2. The molecule has 1 unspecified atom stereocenters. The molecule has 2 N–H and O–H groups in total. The van der Waals surface area contributed by atoms with Gasteiger partial charge in [-0.2, -0.15) is 11.8 Å². The van der Waals surface area contributed by atoms with Crippen LogP contribution in [0.1, 0.15) is 50.4 Å². The minimum absolute atomic E-state index is 0.181. The quantitative estimate of drug-likeness (QED) is 0.382. The lowest BCUT2D eigenvalue weighted by Crippen LogP contribution is -2.52. The van der Waals surface area contributed by atoms with E-state index in [2.05, 4.69) is 5.32 Å². The maximum atomic E-state index is 13.5. The summed E-state index contributed by atoms with van der Waals surface area (Å²) >= 11 is 1.55. The number of carboxylic acid groups (broad SMARTS) is 1. The predicted octanol–water partition coefficient (Wildman–Crippen LogP) is 5.26. The Kier molecular flexibility index (Phi) is 11.0. The third-order valence-corrected chi connectivity index (χ3v) is 7.28. The molecule has 0 saturated carbocycles. The van der Waals surface area contributed by atoms with Gasteiger partial charge in [0.2, 0.25) is 0 Å². The van der Waals surface area contributed by atoms with Crippen LogP contribution in [0.25, 0.3) is 11.1 Å². The number of benzene rings is 2. The van der Waals surface area contributed by atoms with Crippen molar-refractivity contribution in [3.63, 3.8) is 0 Å². The molecule has 1 aliphatic rings. The SMILES string of the molecule is COC(=O)[C@H](CCSC)NC(=O)c1ccc(N(C(=O)O)C2CCCN(C(=O)OC(C)(C)C)C2)cc1-c1ccccc1. The number of piperidine rings is 1. The van der Waals surface area contributed by atoms with Crippen molar-refractivity contribution in [2.24, 2.45) is 0 Å². The topological polar surface area (TPSA) is 125 Å². The van der Waals surface area contributed by atoms with E-state index < -0.39 is 41.7 Å². The summed E-state index contributed by atoms with van der Waals surface area (Å²) < 4.78 is 10.4. The van der Waals surface area contributed by atoms with Gasteiger partial charge in [-0.1, -0.05) is 30.3 Å². The number of hydrogen-bond acceptors (Lipinski definition) is 7. The minimum atomic E-state index is -1.17. The molecule has 2 aromatic carbocycles. The number of amides is 3. The van der Waals surface area contributed by atoms with Crippen LogP contribution in [0.5, 0.6) is 0 Å². The van der Waals surface area contributed by atoms with Gasteiger partial charge in [-0.25, -0.2) is 14.4 Å². The van der Waals surface area contributed by atoms with E-state index in [1.807, 2.05) is 36.6 Å². The lowest BCUT2D eigenvalue weighted by molar-refractivity contribution is -0.142. The van der Waals surface area contributed by atoms with Crippen molar-refractivity contribution in [2.45, 2.75) is 57.7 Å². The third-order valence-electron chi connectivity index (χ3n) is 6.63. The summed E-state index contributed by atoms with van der Waals surface area (Å²) in [4.78, 5) is 53.9. The Bertz CT molecular complexity index is 1230. The molecule has 3 rings (SSSR count). The van der Waals surface area contributed by atoms with Crippen molar-refractivity contribution in [3.8, 4) is 11.1 Å². The molecule has 41 heavy (non-hydrogen) atoms. The molecule has 1 aliphatic heterocycles. The minimum Gasteiger partial charge on any atom is -0.467 e. The van der Waals surface area contributed by atoms with Crippen molar-refractivity contribution in [3.05, 3.63) is 54.1 Å². The number of ether oxygens (including phenoxy) is 2.